The van der Waals surface area contributed by atoms with Gasteiger partial charge in [-0.2, -0.15) is 0 Å². The second kappa shape index (κ2) is 3.25. The molecule has 0 heteroatoms. The van der Waals surface area contributed by atoms with Gasteiger partial charge in [0.1, 0.15) is 0 Å². The first-order chi connectivity index (χ1) is 6.52. The molecule has 2 aliphatic carbocycles. The molecule has 77 valence electrons. The standard InChI is InChI=1S/C14H21/c1-8-7-13-9(2)6-10(3)14(13)12(5)11(8)4/h8-9,11-12H,7H2,1-5H3. The second-order valence-corrected chi connectivity index (χ2v) is 5.26. The van der Waals surface area contributed by atoms with Crippen LogP contribution in [0, 0.1) is 29.7 Å². The highest BCUT2D eigenvalue weighted by atomic mass is 14.4. The van der Waals surface area contributed by atoms with Crippen LogP contribution in [-0.2, 0) is 0 Å². The predicted octanol–water partition coefficient (Wildman–Crippen LogP) is 3.99. The van der Waals surface area contributed by atoms with Gasteiger partial charge in [-0.05, 0) is 48.3 Å². The summed E-state index contributed by atoms with van der Waals surface area (Å²) in [6, 6.07) is 0. The lowest BCUT2D eigenvalue weighted by Gasteiger charge is -2.35. The monoisotopic (exact) mass is 189 g/mol. The molecule has 0 heterocycles. The van der Waals surface area contributed by atoms with E-state index in [1.807, 2.05) is 0 Å². The fraction of sp³-hybridized carbons (Fsp3) is 0.714. The summed E-state index contributed by atoms with van der Waals surface area (Å²) in [4.78, 5) is 0. The highest BCUT2D eigenvalue weighted by Crippen LogP contribution is 2.47. The molecule has 2 aliphatic rings. The lowest BCUT2D eigenvalue weighted by Crippen LogP contribution is -2.25. The number of allylic oxidation sites excluding steroid dienone is 4. The SMILES string of the molecule is CC1=[C]C(C)C2=C1C(C)C(C)C(C)C2. The van der Waals surface area contributed by atoms with E-state index < -0.39 is 0 Å². The van der Waals surface area contributed by atoms with Gasteiger partial charge >= 0.3 is 0 Å². The quantitative estimate of drug-likeness (QED) is 0.540. The van der Waals surface area contributed by atoms with Gasteiger partial charge < -0.3 is 0 Å². The fourth-order valence-corrected chi connectivity index (χ4v) is 3.17. The van der Waals surface area contributed by atoms with Crippen LogP contribution in [0.5, 0.6) is 0 Å². The zero-order chi connectivity index (χ0) is 10.5. The van der Waals surface area contributed by atoms with Gasteiger partial charge in [-0.15, -0.1) is 0 Å². The first kappa shape index (κ1) is 10.0. The molecule has 0 N–H and O–H groups in total. The van der Waals surface area contributed by atoms with Gasteiger partial charge in [0.05, 0.1) is 0 Å². The van der Waals surface area contributed by atoms with Gasteiger partial charge in [0.25, 0.3) is 0 Å². The van der Waals surface area contributed by atoms with E-state index in [1.165, 1.54) is 12.0 Å². The van der Waals surface area contributed by atoms with E-state index in [1.54, 1.807) is 11.1 Å². The Morgan fingerprint density at radius 2 is 1.79 bits per heavy atom. The average Bonchev–Trinajstić information content (AvgIpc) is 2.38. The van der Waals surface area contributed by atoms with E-state index >= 15 is 0 Å². The highest BCUT2D eigenvalue weighted by molar-refractivity contribution is 5.44. The van der Waals surface area contributed by atoms with Crippen molar-refractivity contribution in [3.05, 3.63) is 22.8 Å². The number of hydrogen-bond donors (Lipinski definition) is 0. The van der Waals surface area contributed by atoms with Crippen LogP contribution in [0.1, 0.15) is 41.0 Å². The molecule has 4 atom stereocenters. The molecule has 1 radical (unpaired) electrons. The maximum atomic E-state index is 3.57. The molecule has 0 nitrogen and oxygen atoms in total. The third kappa shape index (κ3) is 1.27. The third-order valence-corrected chi connectivity index (χ3v) is 4.39. The topological polar surface area (TPSA) is 0 Å². The molecule has 0 aliphatic heterocycles. The molecular formula is C14H21. The van der Waals surface area contributed by atoms with Crippen LogP contribution >= 0.6 is 0 Å². The van der Waals surface area contributed by atoms with Gasteiger partial charge in [-0.25, -0.2) is 0 Å². The molecule has 0 bridgehead atoms. The molecule has 14 heavy (non-hydrogen) atoms. The summed E-state index contributed by atoms with van der Waals surface area (Å²) in [5.41, 5.74) is 4.75. The summed E-state index contributed by atoms with van der Waals surface area (Å²) in [5.74, 6) is 3.00. The van der Waals surface area contributed by atoms with Crippen LogP contribution in [0.2, 0.25) is 0 Å². The maximum absolute atomic E-state index is 3.57. The minimum atomic E-state index is 0.586. The molecule has 2 rings (SSSR count). The molecule has 0 saturated heterocycles. The minimum absolute atomic E-state index is 0.586. The molecule has 0 spiro atoms. The van der Waals surface area contributed by atoms with E-state index in [-0.39, 0.29) is 0 Å². The normalized spacial score (nSPS) is 42.5. The number of hydrogen-bond acceptors (Lipinski definition) is 0. The van der Waals surface area contributed by atoms with Crippen molar-refractivity contribution in [1.82, 2.24) is 0 Å². The molecule has 0 aromatic carbocycles. The van der Waals surface area contributed by atoms with Crippen LogP contribution in [0.3, 0.4) is 0 Å². The zero-order valence-corrected chi connectivity index (χ0v) is 10.0. The summed E-state index contributed by atoms with van der Waals surface area (Å²) in [6.45, 7) is 11.7. The van der Waals surface area contributed by atoms with Crippen molar-refractivity contribution in [2.24, 2.45) is 23.7 Å². The van der Waals surface area contributed by atoms with E-state index in [2.05, 4.69) is 40.7 Å². The molecular weight excluding hydrogens is 168 g/mol. The Bertz CT molecular complexity index is 306. The average molecular weight is 189 g/mol. The lowest BCUT2D eigenvalue weighted by atomic mass is 9.70. The van der Waals surface area contributed by atoms with E-state index in [4.69, 9.17) is 0 Å². The Morgan fingerprint density at radius 1 is 1.14 bits per heavy atom. The maximum Gasteiger partial charge on any atom is 0.00317 e. The van der Waals surface area contributed by atoms with Gasteiger partial charge in [0, 0.05) is 5.92 Å². The highest BCUT2D eigenvalue weighted by Gasteiger charge is 2.35. The first-order valence-electron chi connectivity index (χ1n) is 5.85. The Balaban J connectivity index is 2.40. The summed E-state index contributed by atoms with van der Waals surface area (Å²) in [6.07, 6.45) is 4.87. The van der Waals surface area contributed by atoms with Gasteiger partial charge in [0.15, 0.2) is 0 Å². The summed E-state index contributed by atoms with van der Waals surface area (Å²) < 4.78 is 0. The second-order valence-electron chi connectivity index (χ2n) is 5.26. The molecule has 0 fully saturated rings. The predicted molar refractivity (Wildman–Crippen MR) is 60.7 cm³/mol. The largest absolute Gasteiger partial charge is 0.0619 e. The van der Waals surface area contributed by atoms with Gasteiger partial charge in [-0.3, -0.25) is 0 Å². The summed E-state index contributed by atoms with van der Waals surface area (Å²) >= 11 is 0. The lowest BCUT2D eigenvalue weighted by molar-refractivity contribution is 0.282. The van der Waals surface area contributed by atoms with Crippen molar-refractivity contribution < 1.29 is 0 Å². The Morgan fingerprint density at radius 3 is 2.43 bits per heavy atom. The van der Waals surface area contributed by atoms with Crippen LogP contribution in [-0.4, -0.2) is 0 Å². The van der Waals surface area contributed by atoms with Crippen molar-refractivity contribution in [2.75, 3.05) is 0 Å². The molecule has 0 saturated carbocycles. The Kier molecular flexibility index (Phi) is 2.33. The molecule has 4 unspecified atom stereocenters. The van der Waals surface area contributed by atoms with Crippen molar-refractivity contribution in [3.8, 4) is 0 Å². The number of rotatable bonds is 0. The van der Waals surface area contributed by atoms with Crippen LogP contribution < -0.4 is 0 Å². The van der Waals surface area contributed by atoms with Crippen molar-refractivity contribution in [1.29, 1.82) is 0 Å². The Hall–Kier alpha value is -0.520. The minimum Gasteiger partial charge on any atom is -0.0619 e. The first-order valence-corrected chi connectivity index (χ1v) is 5.85. The van der Waals surface area contributed by atoms with Crippen LogP contribution in [0.25, 0.3) is 0 Å². The van der Waals surface area contributed by atoms with Crippen LogP contribution in [0.4, 0.5) is 0 Å². The fourth-order valence-electron chi connectivity index (χ4n) is 3.17. The molecule has 0 aromatic heterocycles. The van der Waals surface area contributed by atoms with E-state index in [0.29, 0.717) is 5.92 Å². The summed E-state index contributed by atoms with van der Waals surface area (Å²) in [5, 5.41) is 0. The van der Waals surface area contributed by atoms with Gasteiger partial charge in [0.2, 0.25) is 0 Å². The third-order valence-electron chi connectivity index (χ3n) is 4.39. The van der Waals surface area contributed by atoms with Crippen molar-refractivity contribution >= 4 is 0 Å². The van der Waals surface area contributed by atoms with Crippen molar-refractivity contribution in [3.63, 3.8) is 0 Å². The Labute approximate surface area is 88.1 Å². The van der Waals surface area contributed by atoms with Gasteiger partial charge in [-0.1, -0.05) is 33.3 Å². The summed E-state index contributed by atoms with van der Waals surface area (Å²) in [7, 11) is 0. The molecule has 0 aromatic rings. The van der Waals surface area contributed by atoms with Crippen LogP contribution in [0.15, 0.2) is 16.7 Å². The van der Waals surface area contributed by atoms with E-state index in [0.717, 1.165) is 17.8 Å². The van der Waals surface area contributed by atoms with Crippen molar-refractivity contribution in [2.45, 2.75) is 41.0 Å². The zero-order valence-electron chi connectivity index (χ0n) is 10.0. The molecule has 0 amide bonds. The smallest absolute Gasteiger partial charge is 0.00317 e. The van der Waals surface area contributed by atoms with E-state index in [9.17, 15) is 0 Å².